The molecule has 0 saturated heterocycles. The van der Waals surface area contributed by atoms with Crippen LogP contribution in [0.5, 0.6) is 11.5 Å². The molecule has 1 atom stereocenters. The predicted molar refractivity (Wildman–Crippen MR) is 108 cm³/mol. The lowest BCUT2D eigenvalue weighted by atomic mass is 9.96. The summed E-state index contributed by atoms with van der Waals surface area (Å²) in [6.45, 7) is 2.00. The van der Waals surface area contributed by atoms with E-state index in [2.05, 4.69) is 5.10 Å². The van der Waals surface area contributed by atoms with E-state index in [0.717, 1.165) is 16.8 Å². The molecular weight excluding hydrogens is 372 g/mol. The highest BCUT2D eigenvalue weighted by atomic mass is 16.5. The van der Waals surface area contributed by atoms with Crippen LogP contribution in [0.15, 0.2) is 47.6 Å². The lowest BCUT2D eigenvalue weighted by molar-refractivity contribution is -0.141. The zero-order chi connectivity index (χ0) is 21.0. The SMILES string of the molecule is COc1cccc(OC)c1[C@@H]1CC(c2ccc(C)cc2)=NN1C(=O)CCC(=O)O. The quantitative estimate of drug-likeness (QED) is 0.773. The van der Waals surface area contributed by atoms with Crippen LogP contribution in [-0.4, -0.2) is 41.9 Å². The van der Waals surface area contributed by atoms with Crippen LogP contribution in [0.4, 0.5) is 0 Å². The minimum absolute atomic E-state index is 0.131. The molecule has 1 aliphatic heterocycles. The minimum atomic E-state index is -1.02. The number of ether oxygens (including phenoxy) is 2. The molecule has 0 aromatic heterocycles. The molecule has 3 rings (SSSR count). The van der Waals surface area contributed by atoms with Crippen LogP contribution < -0.4 is 9.47 Å². The number of nitrogens with zero attached hydrogens (tertiary/aromatic N) is 2. The van der Waals surface area contributed by atoms with Crippen LogP contribution in [-0.2, 0) is 9.59 Å². The number of carboxylic acid groups (broad SMARTS) is 1. The molecule has 0 bridgehead atoms. The summed E-state index contributed by atoms with van der Waals surface area (Å²) < 4.78 is 11.0. The number of amides is 1. The monoisotopic (exact) mass is 396 g/mol. The third-order valence-corrected chi connectivity index (χ3v) is 4.90. The maximum atomic E-state index is 12.8. The van der Waals surface area contributed by atoms with Crippen molar-refractivity contribution < 1.29 is 24.2 Å². The molecule has 7 nitrogen and oxygen atoms in total. The number of rotatable bonds is 7. The highest BCUT2D eigenvalue weighted by Gasteiger charge is 2.36. The van der Waals surface area contributed by atoms with Gasteiger partial charge in [0.1, 0.15) is 11.5 Å². The van der Waals surface area contributed by atoms with Gasteiger partial charge in [-0.25, -0.2) is 5.01 Å². The zero-order valence-electron chi connectivity index (χ0n) is 16.7. The standard InChI is InChI=1S/C22H24N2O5/c1-14-7-9-15(10-8-14)16-13-17(24(23-16)20(25)11-12-21(26)27)22-18(28-2)5-4-6-19(22)29-3/h4-10,17H,11-13H2,1-3H3,(H,26,27)/t17-/m0/s1. The first-order valence-corrected chi connectivity index (χ1v) is 9.33. The molecular formula is C22H24N2O5. The van der Waals surface area contributed by atoms with Crippen molar-refractivity contribution in [3.05, 3.63) is 59.2 Å². The van der Waals surface area contributed by atoms with Gasteiger partial charge in [0.15, 0.2) is 0 Å². The second kappa shape index (κ2) is 8.77. The van der Waals surface area contributed by atoms with E-state index in [4.69, 9.17) is 14.6 Å². The number of hydrazone groups is 1. The maximum Gasteiger partial charge on any atom is 0.303 e. The molecule has 2 aromatic carbocycles. The number of aryl methyl sites for hydroxylation is 1. The summed E-state index contributed by atoms with van der Waals surface area (Å²) in [6, 6.07) is 12.9. The largest absolute Gasteiger partial charge is 0.496 e. The van der Waals surface area contributed by atoms with Crippen molar-refractivity contribution >= 4 is 17.6 Å². The number of hydrogen-bond acceptors (Lipinski definition) is 5. The number of aliphatic carboxylic acids is 1. The minimum Gasteiger partial charge on any atom is -0.496 e. The van der Waals surface area contributed by atoms with Gasteiger partial charge in [-0.15, -0.1) is 0 Å². The topological polar surface area (TPSA) is 88.4 Å². The lowest BCUT2D eigenvalue weighted by Crippen LogP contribution is -2.28. The number of carbonyl (C=O) groups excluding carboxylic acids is 1. The summed E-state index contributed by atoms with van der Waals surface area (Å²) in [5.41, 5.74) is 3.52. The van der Waals surface area contributed by atoms with Crippen LogP contribution in [0.1, 0.15) is 42.0 Å². The van der Waals surface area contributed by atoms with Gasteiger partial charge in [0, 0.05) is 12.8 Å². The van der Waals surface area contributed by atoms with E-state index in [1.54, 1.807) is 14.2 Å². The predicted octanol–water partition coefficient (Wildman–Crippen LogP) is 3.55. The molecule has 2 aromatic rings. The van der Waals surface area contributed by atoms with Crippen molar-refractivity contribution in [1.82, 2.24) is 5.01 Å². The maximum absolute atomic E-state index is 12.8. The van der Waals surface area contributed by atoms with E-state index in [1.807, 2.05) is 49.4 Å². The van der Waals surface area contributed by atoms with Crippen LogP contribution in [0, 0.1) is 6.92 Å². The summed E-state index contributed by atoms with van der Waals surface area (Å²) in [7, 11) is 3.12. The Labute approximate surface area is 169 Å². The first kappa shape index (κ1) is 20.4. The van der Waals surface area contributed by atoms with Crippen molar-refractivity contribution in [2.75, 3.05) is 14.2 Å². The molecule has 7 heteroatoms. The molecule has 0 radical (unpaired) electrons. The first-order chi connectivity index (χ1) is 13.9. The molecule has 1 aliphatic rings. The van der Waals surface area contributed by atoms with E-state index in [0.29, 0.717) is 23.5 Å². The molecule has 0 saturated carbocycles. The van der Waals surface area contributed by atoms with Gasteiger partial charge in [0.25, 0.3) is 0 Å². The summed E-state index contributed by atoms with van der Waals surface area (Å²) in [5, 5.41) is 14.9. The van der Waals surface area contributed by atoms with E-state index in [-0.39, 0.29) is 18.7 Å². The van der Waals surface area contributed by atoms with Gasteiger partial charge in [-0.3, -0.25) is 9.59 Å². The molecule has 0 fully saturated rings. The van der Waals surface area contributed by atoms with Crippen LogP contribution >= 0.6 is 0 Å². The Morgan fingerprint density at radius 1 is 1.07 bits per heavy atom. The average molecular weight is 396 g/mol. The Morgan fingerprint density at radius 3 is 2.24 bits per heavy atom. The fraction of sp³-hybridized carbons (Fsp3) is 0.318. The van der Waals surface area contributed by atoms with Crippen LogP contribution in [0.3, 0.4) is 0 Å². The molecule has 152 valence electrons. The molecule has 0 aliphatic carbocycles. The molecule has 1 heterocycles. The highest BCUT2D eigenvalue weighted by Crippen LogP contribution is 2.42. The smallest absolute Gasteiger partial charge is 0.303 e. The third-order valence-electron chi connectivity index (χ3n) is 4.90. The Balaban J connectivity index is 2.02. The molecule has 0 unspecified atom stereocenters. The second-order valence-electron chi connectivity index (χ2n) is 6.84. The second-order valence-corrected chi connectivity index (χ2v) is 6.84. The number of carboxylic acids is 1. The van der Waals surface area contributed by atoms with E-state index < -0.39 is 12.0 Å². The first-order valence-electron chi connectivity index (χ1n) is 9.33. The van der Waals surface area contributed by atoms with Gasteiger partial charge in [-0.1, -0.05) is 35.9 Å². The lowest BCUT2D eigenvalue weighted by Gasteiger charge is -2.25. The number of methoxy groups -OCH3 is 2. The summed E-state index contributed by atoms with van der Waals surface area (Å²) in [4.78, 5) is 23.8. The van der Waals surface area contributed by atoms with Crippen LogP contribution in [0.25, 0.3) is 0 Å². The van der Waals surface area contributed by atoms with E-state index in [9.17, 15) is 9.59 Å². The Morgan fingerprint density at radius 2 is 1.69 bits per heavy atom. The van der Waals surface area contributed by atoms with Crippen molar-refractivity contribution in [2.45, 2.75) is 32.2 Å². The van der Waals surface area contributed by atoms with Gasteiger partial charge in [0.2, 0.25) is 5.91 Å². The normalized spacial score (nSPS) is 15.8. The number of benzene rings is 2. The van der Waals surface area contributed by atoms with Gasteiger partial charge < -0.3 is 14.6 Å². The van der Waals surface area contributed by atoms with Crippen molar-refractivity contribution in [1.29, 1.82) is 0 Å². The zero-order valence-corrected chi connectivity index (χ0v) is 16.7. The van der Waals surface area contributed by atoms with Crippen molar-refractivity contribution in [2.24, 2.45) is 5.10 Å². The Kier molecular flexibility index (Phi) is 6.16. The fourth-order valence-corrected chi connectivity index (χ4v) is 3.42. The third kappa shape index (κ3) is 4.39. The van der Waals surface area contributed by atoms with Crippen molar-refractivity contribution in [3.8, 4) is 11.5 Å². The van der Waals surface area contributed by atoms with Crippen LogP contribution in [0.2, 0.25) is 0 Å². The van der Waals surface area contributed by atoms with Gasteiger partial charge >= 0.3 is 5.97 Å². The number of hydrogen-bond donors (Lipinski definition) is 1. The summed E-state index contributed by atoms with van der Waals surface area (Å²) in [5.74, 6) is -0.198. The number of carbonyl (C=O) groups is 2. The molecule has 29 heavy (non-hydrogen) atoms. The Hall–Kier alpha value is -3.35. The average Bonchev–Trinajstić information content (AvgIpc) is 3.16. The van der Waals surface area contributed by atoms with Gasteiger partial charge in [0.05, 0.1) is 38.0 Å². The van der Waals surface area contributed by atoms with Gasteiger partial charge in [-0.2, -0.15) is 5.10 Å². The summed E-state index contributed by atoms with van der Waals surface area (Å²) >= 11 is 0. The molecule has 1 N–H and O–H groups in total. The molecule has 0 spiro atoms. The molecule has 1 amide bonds. The van der Waals surface area contributed by atoms with Gasteiger partial charge in [-0.05, 0) is 24.6 Å². The van der Waals surface area contributed by atoms with E-state index >= 15 is 0 Å². The fourth-order valence-electron chi connectivity index (χ4n) is 3.42. The Bertz CT molecular complexity index is 914. The highest BCUT2D eigenvalue weighted by molar-refractivity contribution is 6.03. The van der Waals surface area contributed by atoms with E-state index in [1.165, 1.54) is 5.01 Å². The summed E-state index contributed by atoms with van der Waals surface area (Å²) in [6.07, 6.45) is 0.0904. The van der Waals surface area contributed by atoms with Crippen molar-refractivity contribution in [3.63, 3.8) is 0 Å².